The van der Waals surface area contributed by atoms with E-state index in [1.54, 1.807) is 12.1 Å². The minimum Gasteiger partial charge on any atom is -0.494 e. The molecule has 0 radical (unpaired) electrons. The zero-order chi connectivity index (χ0) is 15.2. The van der Waals surface area contributed by atoms with E-state index in [4.69, 9.17) is 4.74 Å². The van der Waals surface area contributed by atoms with Crippen molar-refractivity contribution < 1.29 is 14.2 Å². The lowest BCUT2D eigenvalue weighted by atomic mass is 10.0. The first-order valence-corrected chi connectivity index (χ1v) is 6.88. The third-order valence-corrected chi connectivity index (χ3v) is 3.43. The Morgan fingerprint density at radius 3 is 2.67 bits per heavy atom. The molecule has 1 atom stereocenters. The quantitative estimate of drug-likeness (QED) is 0.859. The molecule has 2 aromatic carbocycles. The molecule has 0 aliphatic rings. The molecule has 2 rings (SSSR count). The average Bonchev–Trinajstić information content (AvgIpc) is 2.48. The SMILES string of the molecule is COc1ccc(CNCC(O)c2ccccc2C)cc1F. The predicted octanol–water partition coefficient (Wildman–Crippen LogP) is 2.97. The topological polar surface area (TPSA) is 41.5 Å². The lowest BCUT2D eigenvalue weighted by molar-refractivity contribution is 0.173. The zero-order valence-corrected chi connectivity index (χ0v) is 12.3. The Balaban J connectivity index is 1.89. The number of halogens is 1. The molecule has 1 unspecified atom stereocenters. The van der Waals surface area contributed by atoms with Crippen LogP contribution in [0.5, 0.6) is 5.75 Å². The molecule has 4 heteroatoms. The number of aryl methyl sites for hydroxylation is 1. The van der Waals surface area contributed by atoms with E-state index in [0.29, 0.717) is 13.1 Å². The van der Waals surface area contributed by atoms with Gasteiger partial charge in [-0.2, -0.15) is 0 Å². The van der Waals surface area contributed by atoms with Crippen molar-refractivity contribution in [1.29, 1.82) is 0 Å². The fourth-order valence-electron chi connectivity index (χ4n) is 2.24. The van der Waals surface area contributed by atoms with E-state index in [2.05, 4.69) is 5.32 Å². The molecule has 112 valence electrons. The van der Waals surface area contributed by atoms with Crippen molar-refractivity contribution in [3.8, 4) is 5.75 Å². The van der Waals surface area contributed by atoms with Crippen molar-refractivity contribution in [3.63, 3.8) is 0 Å². The van der Waals surface area contributed by atoms with E-state index in [0.717, 1.165) is 16.7 Å². The highest BCUT2D eigenvalue weighted by atomic mass is 19.1. The molecule has 2 aromatic rings. The van der Waals surface area contributed by atoms with Crippen LogP contribution in [0, 0.1) is 12.7 Å². The Bertz CT molecular complexity index is 601. The summed E-state index contributed by atoms with van der Waals surface area (Å²) in [5.41, 5.74) is 2.78. The highest BCUT2D eigenvalue weighted by molar-refractivity contribution is 5.30. The Hall–Kier alpha value is -1.91. The third kappa shape index (κ3) is 4.03. The van der Waals surface area contributed by atoms with Crippen LogP contribution >= 0.6 is 0 Å². The maximum Gasteiger partial charge on any atom is 0.165 e. The highest BCUT2D eigenvalue weighted by Crippen LogP contribution is 2.18. The number of methoxy groups -OCH3 is 1. The minimum absolute atomic E-state index is 0.235. The summed E-state index contributed by atoms with van der Waals surface area (Å²) in [4.78, 5) is 0. The number of rotatable bonds is 6. The molecule has 0 spiro atoms. The maximum absolute atomic E-state index is 13.6. The molecular weight excluding hydrogens is 269 g/mol. The van der Waals surface area contributed by atoms with Crippen LogP contribution in [0.1, 0.15) is 22.8 Å². The van der Waals surface area contributed by atoms with Crippen molar-refractivity contribution in [2.75, 3.05) is 13.7 Å². The number of aliphatic hydroxyl groups is 1. The summed E-state index contributed by atoms with van der Waals surface area (Å²) in [5, 5.41) is 13.3. The number of benzene rings is 2. The molecule has 0 bridgehead atoms. The minimum atomic E-state index is -0.575. The van der Waals surface area contributed by atoms with Crippen molar-refractivity contribution in [1.82, 2.24) is 5.32 Å². The monoisotopic (exact) mass is 289 g/mol. The van der Waals surface area contributed by atoms with Crippen LogP contribution in [0.15, 0.2) is 42.5 Å². The smallest absolute Gasteiger partial charge is 0.165 e. The normalized spacial score (nSPS) is 12.2. The van der Waals surface area contributed by atoms with E-state index in [9.17, 15) is 9.50 Å². The van der Waals surface area contributed by atoms with Crippen molar-refractivity contribution in [3.05, 3.63) is 65.0 Å². The fraction of sp³-hybridized carbons (Fsp3) is 0.294. The third-order valence-electron chi connectivity index (χ3n) is 3.43. The van der Waals surface area contributed by atoms with E-state index >= 15 is 0 Å². The van der Waals surface area contributed by atoms with Gasteiger partial charge in [-0.15, -0.1) is 0 Å². The van der Waals surface area contributed by atoms with Gasteiger partial charge in [-0.3, -0.25) is 0 Å². The molecule has 0 amide bonds. The molecule has 0 aliphatic heterocycles. The van der Waals surface area contributed by atoms with Crippen molar-refractivity contribution in [2.45, 2.75) is 19.6 Å². The van der Waals surface area contributed by atoms with Crippen LogP contribution in [0.4, 0.5) is 4.39 Å². The van der Waals surface area contributed by atoms with Gasteiger partial charge >= 0.3 is 0 Å². The molecule has 0 aromatic heterocycles. The number of aliphatic hydroxyl groups excluding tert-OH is 1. The van der Waals surface area contributed by atoms with Crippen LogP contribution in [-0.2, 0) is 6.54 Å². The second-order valence-corrected chi connectivity index (χ2v) is 4.97. The Morgan fingerprint density at radius 1 is 1.24 bits per heavy atom. The number of nitrogens with one attached hydrogen (secondary N) is 1. The Morgan fingerprint density at radius 2 is 2.00 bits per heavy atom. The zero-order valence-electron chi connectivity index (χ0n) is 12.3. The molecule has 0 saturated carbocycles. The Kier molecular flexibility index (Phi) is 5.31. The summed E-state index contributed by atoms with van der Waals surface area (Å²) in [6.07, 6.45) is -0.575. The fourth-order valence-corrected chi connectivity index (χ4v) is 2.24. The number of hydrogen-bond donors (Lipinski definition) is 2. The van der Waals surface area contributed by atoms with Crippen LogP contribution in [0.25, 0.3) is 0 Å². The summed E-state index contributed by atoms with van der Waals surface area (Å²) in [6.45, 7) is 2.87. The lowest BCUT2D eigenvalue weighted by Crippen LogP contribution is -2.21. The summed E-state index contributed by atoms with van der Waals surface area (Å²) in [5.74, 6) is -0.144. The molecular formula is C17H20FNO2. The average molecular weight is 289 g/mol. The van der Waals surface area contributed by atoms with Gasteiger partial charge in [0.05, 0.1) is 13.2 Å². The first-order valence-electron chi connectivity index (χ1n) is 6.88. The van der Waals surface area contributed by atoms with Gasteiger partial charge in [0, 0.05) is 13.1 Å². The van der Waals surface area contributed by atoms with E-state index < -0.39 is 6.10 Å². The number of ether oxygens (including phenoxy) is 1. The van der Waals surface area contributed by atoms with Gasteiger partial charge < -0.3 is 15.2 Å². The number of hydrogen-bond acceptors (Lipinski definition) is 3. The van der Waals surface area contributed by atoms with E-state index in [1.165, 1.54) is 13.2 Å². The molecule has 0 heterocycles. The van der Waals surface area contributed by atoms with Gasteiger partial charge in [0.2, 0.25) is 0 Å². The van der Waals surface area contributed by atoms with Gasteiger partial charge in [-0.25, -0.2) is 4.39 Å². The summed E-state index contributed by atoms with van der Waals surface area (Å²) in [7, 11) is 1.44. The first kappa shape index (κ1) is 15.5. The van der Waals surface area contributed by atoms with Gasteiger partial charge in [0.25, 0.3) is 0 Å². The molecule has 0 aliphatic carbocycles. The largest absolute Gasteiger partial charge is 0.494 e. The van der Waals surface area contributed by atoms with Crippen molar-refractivity contribution in [2.24, 2.45) is 0 Å². The first-order chi connectivity index (χ1) is 10.1. The van der Waals surface area contributed by atoms with Crippen LogP contribution in [0.3, 0.4) is 0 Å². The van der Waals surface area contributed by atoms with Crippen molar-refractivity contribution >= 4 is 0 Å². The van der Waals surface area contributed by atoms with Gasteiger partial charge in [-0.05, 0) is 35.7 Å². The van der Waals surface area contributed by atoms with Gasteiger partial charge in [0.1, 0.15) is 0 Å². The highest BCUT2D eigenvalue weighted by Gasteiger charge is 2.09. The predicted molar refractivity (Wildman–Crippen MR) is 80.8 cm³/mol. The second kappa shape index (κ2) is 7.20. The van der Waals surface area contributed by atoms with Crippen LogP contribution < -0.4 is 10.1 Å². The van der Waals surface area contributed by atoms with Crippen LogP contribution in [-0.4, -0.2) is 18.8 Å². The van der Waals surface area contributed by atoms with E-state index in [-0.39, 0.29) is 11.6 Å². The molecule has 2 N–H and O–H groups in total. The van der Waals surface area contributed by atoms with Gasteiger partial charge in [0.15, 0.2) is 11.6 Å². The maximum atomic E-state index is 13.6. The van der Waals surface area contributed by atoms with Gasteiger partial charge in [-0.1, -0.05) is 30.3 Å². The molecule has 3 nitrogen and oxygen atoms in total. The Labute approximate surface area is 124 Å². The summed E-state index contributed by atoms with van der Waals surface area (Å²) >= 11 is 0. The molecule has 21 heavy (non-hydrogen) atoms. The summed E-state index contributed by atoms with van der Waals surface area (Å²) in [6, 6.07) is 12.6. The summed E-state index contributed by atoms with van der Waals surface area (Å²) < 4.78 is 18.4. The molecule has 0 fully saturated rings. The second-order valence-electron chi connectivity index (χ2n) is 4.97. The molecule has 0 saturated heterocycles. The van der Waals surface area contributed by atoms with Crippen LogP contribution in [0.2, 0.25) is 0 Å². The lowest BCUT2D eigenvalue weighted by Gasteiger charge is -2.14. The van der Waals surface area contributed by atoms with E-state index in [1.807, 2.05) is 31.2 Å². The standard InChI is InChI=1S/C17H20FNO2/c1-12-5-3-4-6-14(12)16(20)11-19-10-13-7-8-17(21-2)15(18)9-13/h3-9,16,19-20H,10-11H2,1-2H3.